The largest absolute Gasteiger partial charge is 0.453 e. The third kappa shape index (κ3) is 10.9. The Balaban J connectivity index is 1.10. The number of nitrogens with zero attached hydrogens (tertiary/aromatic N) is 4. The Hall–Kier alpha value is -6.96. The maximum atomic E-state index is 13.8. The Labute approximate surface area is 343 Å². The van der Waals surface area contributed by atoms with E-state index in [4.69, 9.17) is 4.74 Å². The molecule has 0 saturated heterocycles. The summed E-state index contributed by atoms with van der Waals surface area (Å²) in [5, 5.41) is 7.33. The minimum Gasteiger partial charge on any atom is -0.453 e. The van der Waals surface area contributed by atoms with E-state index >= 15 is 0 Å². The van der Waals surface area contributed by atoms with Crippen molar-refractivity contribution in [2.24, 2.45) is 0 Å². The lowest BCUT2D eigenvalue weighted by Gasteiger charge is -2.27. The molecule has 0 fully saturated rings. The molecule has 0 aliphatic rings. The minimum absolute atomic E-state index is 0.151. The van der Waals surface area contributed by atoms with Crippen LogP contribution in [0.3, 0.4) is 0 Å². The fraction of sp³-hybridized carbons (Fsp3) is 0.289. The van der Waals surface area contributed by atoms with Crippen molar-refractivity contribution < 1.29 is 28.7 Å². The Bertz CT molecular complexity index is 2360. The van der Waals surface area contributed by atoms with E-state index in [1.165, 1.54) is 14.2 Å². The molecule has 0 spiro atoms. The number of hydrogen-bond donors (Lipinski definition) is 4. The normalized spacial score (nSPS) is 11.5. The summed E-state index contributed by atoms with van der Waals surface area (Å²) in [5.74, 6) is 0.859. The minimum atomic E-state index is -0.794. The third-order valence-electron chi connectivity index (χ3n) is 9.90. The molecule has 0 radical (unpaired) electrons. The van der Waals surface area contributed by atoms with Crippen LogP contribution in [0.1, 0.15) is 43.9 Å². The second-order valence-electron chi connectivity index (χ2n) is 14.1. The first kappa shape index (κ1) is 41.7. The zero-order chi connectivity index (χ0) is 41.7. The summed E-state index contributed by atoms with van der Waals surface area (Å²) in [6.45, 7) is 5.42. The SMILES string of the molecule is CCCN(Cc1ncc(-c2ccc3cc(-c4ccc(-c5cnc(CN(CCC)C(=O)[C@@H](Cc6ccccc6)NC(=O)OC)[nH]5)cc4)ccc3c2)[nH]1)C(=O)CNC(=O)OC. The van der Waals surface area contributed by atoms with Crippen molar-refractivity contribution in [1.82, 2.24) is 40.4 Å². The Morgan fingerprint density at radius 1 is 0.661 bits per heavy atom. The number of carbonyl (C=O) groups is 4. The molecule has 4 aromatic carbocycles. The van der Waals surface area contributed by atoms with Crippen LogP contribution in [0.2, 0.25) is 0 Å². The van der Waals surface area contributed by atoms with E-state index in [-0.39, 0.29) is 24.9 Å². The molecule has 306 valence electrons. The Morgan fingerprint density at radius 3 is 1.83 bits per heavy atom. The monoisotopic (exact) mass is 798 g/mol. The Morgan fingerprint density at radius 2 is 1.20 bits per heavy atom. The van der Waals surface area contributed by atoms with Crippen molar-refractivity contribution in [2.75, 3.05) is 33.9 Å². The van der Waals surface area contributed by atoms with Crippen molar-refractivity contribution in [2.45, 2.75) is 52.2 Å². The molecule has 59 heavy (non-hydrogen) atoms. The average molecular weight is 799 g/mol. The molecule has 14 nitrogen and oxygen atoms in total. The van der Waals surface area contributed by atoms with Crippen molar-refractivity contribution in [3.8, 4) is 33.6 Å². The first-order chi connectivity index (χ1) is 28.7. The summed E-state index contributed by atoms with van der Waals surface area (Å²) >= 11 is 0. The van der Waals surface area contributed by atoms with Crippen LogP contribution >= 0.6 is 0 Å². The molecule has 14 heteroatoms. The van der Waals surface area contributed by atoms with Crippen molar-refractivity contribution >= 4 is 34.8 Å². The number of benzene rings is 4. The number of aromatic nitrogens is 4. The van der Waals surface area contributed by atoms with E-state index in [1.54, 1.807) is 22.2 Å². The number of fused-ring (bicyclic) bond motifs is 1. The average Bonchev–Trinajstić information content (AvgIpc) is 3.95. The second-order valence-corrected chi connectivity index (χ2v) is 14.1. The molecule has 6 rings (SSSR count). The maximum Gasteiger partial charge on any atom is 0.407 e. The topological polar surface area (TPSA) is 175 Å². The summed E-state index contributed by atoms with van der Waals surface area (Å²) < 4.78 is 9.40. The van der Waals surface area contributed by atoms with Crippen LogP contribution in [-0.4, -0.2) is 93.6 Å². The molecular weight excluding hydrogens is 749 g/mol. The van der Waals surface area contributed by atoms with E-state index in [0.29, 0.717) is 37.7 Å². The lowest BCUT2D eigenvalue weighted by molar-refractivity contribution is -0.134. The molecule has 0 aliphatic carbocycles. The molecule has 0 bridgehead atoms. The smallest absolute Gasteiger partial charge is 0.407 e. The molecule has 4 N–H and O–H groups in total. The molecule has 2 heterocycles. The number of hydrogen-bond acceptors (Lipinski definition) is 8. The third-order valence-corrected chi connectivity index (χ3v) is 9.90. The predicted octanol–water partition coefficient (Wildman–Crippen LogP) is 7.09. The van der Waals surface area contributed by atoms with Gasteiger partial charge in [0.05, 0.1) is 51.1 Å². The highest BCUT2D eigenvalue weighted by molar-refractivity contribution is 5.91. The van der Waals surface area contributed by atoms with Crippen LogP contribution in [0, 0.1) is 0 Å². The lowest BCUT2D eigenvalue weighted by Crippen LogP contribution is -2.49. The van der Waals surface area contributed by atoms with E-state index < -0.39 is 18.2 Å². The number of methoxy groups -OCH3 is 2. The van der Waals surface area contributed by atoms with Crippen LogP contribution < -0.4 is 10.6 Å². The molecular formula is C45H50N8O6. The van der Waals surface area contributed by atoms with Gasteiger partial charge in [-0.1, -0.05) is 92.7 Å². The van der Waals surface area contributed by atoms with Crippen molar-refractivity contribution in [3.05, 3.63) is 121 Å². The fourth-order valence-corrected chi connectivity index (χ4v) is 6.88. The quantitative estimate of drug-likeness (QED) is 0.0757. The number of aromatic amines is 2. The van der Waals surface area contributed by atoms with Crippen molar-refractivity contribution in [3.63, 3.8) is 0 Å². The molecule has 6 aromatic rings. The number of amides is 4. The van der Waals surface area contributed by atoms with Gasteiger partial charge in [-0.2, -0.15) is 0 Å². The van der Waals surface area contributed by atoms with Gasteiger partial charge in [0.15, 0.2) is 0 Å². The van der Waals surface area contributed by atoms with Crippen LogP contribution in [0.5, 0.6) is 0 Å². The van der Waals surface area contributed by atoms with Gasteiger partial charge in [-0.15, -0.1) is 0 Å². The standard InChI is InChI=1S/C45H50N8O6/c1-5-20-52(42(54)27-48-44(56)58-3)28-40-47-26-39(50-40)36-19-18-34-23-33(16-17-35(34)24-36)31-12-14-32(15-13-31)38-25-46-41(49-38)29-53(21-6-2)43(55)37(51-45(57)59-4)22-30-10-8-7-9-11-30/h7-19,23-26,37H,5-6,20-22,27-29H2,1-4H3,(H,46,49)(H,47,50)(H,48,56)(H,51,57)/t37-/m1/s1. The molecule has 1 atom stereocenters. The molecule has 0 aliphatic heterocycles. The number of H-pyrrole nitrogens is 2. The Kier molecular flexibility index (Phi) is 14.1. The van der Waals surface area contributed by atoms with Gasteiger partial charge in [-0.3, -0.25) is 9.59 Å². The first-order valence-corrected chi connectivity index (χ1v) is 19.7. The number of rotatable bonds is 17. The maximum absolute atomic E-state index is 13.8. The van der Waals surface area contributed by atoms with Crippen LogP contribution in [0.15, 0.2) is 103 Å². The zero-order valence-corrected chi connectivity index (χ0v) is 33.8. The number of carbonyl (C=O) groups excluding carboxylic acids is 4. The number of alkyl carbamates (subject to hydrolysis) is 2. The summed E-state index contributed by atoms with van der Waals surface area (Å²) in [5.41, 5.74) is 6.67. The van der Waals surface area contributed by atoms with Crippen LogP contribution in [0.25, 0.3) is 44.4 Å². The second kappa shape index (κ2) is 19.9. The van der Waals surface area contributed by atoms with Gasteiger partial charge >= 0.3 is 12.2 Å². The zero-order valence-electron chi connectivity index (χ0n) is 33.8. The summed E-state index contributed by atoms with van der Waals surface area (Å²) in [4.78, 5) is 69.4. The van der Waals surface area contributed by atoms with Crippen LogP contribution in [0.4, 0.5) is 9.59 Å². The van der Waals surface area contributed by atoms with Crippen molar-refractivity contribution in [1.29, 1.82) is 0 Å². The highest BCUT2D eigenvalue weighted by Gasteiger charge is 2.27. The fourth-order valence-electron chi connectivity index (χ4n) is 6.88. The number of nitrogens with one attached hydrogen (secondary N) is 4. The highest BCUT2D eigenvalue weighted by Crippen LogP contribution is 2.30. The van der Waals surface area contributed by atoms with Gasteiger partial charge in [-0.25, -0.2) is 19.6 Å². The van der Waals surface area contributed by atoms with Gasteiger partial charge in [0.1, 0.15) is 24.2 Å². The first-order valence-electron chi connectivity index (χ1n) is 19.7. The molecule has 0 unspecified atom stereocenters. The summed E-state index contributed by atoms with van der Waals surface area (Å²) in [6.07, 6.45) is 4.07. The summed E-state index contributed by atoms with van der Waals surface area (Å²) in [7, 11) is 2.54. The van der Waals surface area contributed by atoms with Gasteiger partial charge in [0.25, 0.3) is 0 Å². The van der Waals surface area contributed by atoms with Gasteiger partial charge < -0.3 is 39.9 Å². The van der Waals surface area contributed by atoms with E-state index in [0.717, 1.165) is 62.8 Å². The number of ether oxygens (including phenoxy) is 2. The molecule has 4 amide bonds. The highest BCUT2D eigenvalue weighted by atomic mass is 16.5. The molecule has 2 aromatic heterocycles. The summed E-state index contributed by atoms with van der Waals surface area (Å²) in [6, 6.07) is 29.6. The van der Waals surface area contributed by atoms with E-state index in [9.17, 15) is 19.2 Å². The number of imidazole rings is 2. The van der Waals surface area contributed by atoms with Gasteiger partial charge in [0.2, 0.25) is 11.8 Å². The van der Waals surface area contributed by atoms with Gasteiger partial charge in [0, 0.05) is 25.1 Å². The van der Waals surface area contributed by atoms with Gasteiger partial charge in [-0.05, 0) is 58.0 Å². The van der Waals surface area contributed by atoms with Crippen LogP contribution in [-0.2, 0) is 38.6 Å². The predicted molar refractivity (Wildman–Crippen MR) is 226 cm³/mol. The lowest BCUT2D eigenvalue weighted by atomic mass is 9.98. The molecule has 0 saturated carbocycles. The van der Waals surface area contributed by atoms with E-state index in [2.05, 4.69) is 77.8 Å². The van der Waals surface area contributed by atoms with E-state index in [1.807, 2.05) is 62.4 Å².